The molecule has 2 aromatic rings. The van der Waals surface area contributed by atoms with Gasteiger partial charge >= 0.3 is 0 Å². The zero-order valence-corrected chi connectivity index (χ0v) is 14.6. The summed E-state index contributed by atoms with van der Waals surface area (Å²) in [6, 6.07) is 11.3. The van der Waals surface area contributed by atoms with Crippen molar-refractivity contribution in [2.75, 3.05) is 25.6 Å². The van der Waals surface area contributed by atoms with Crippen molar-refractivity contribution in [2.24, 2.45) is 0 Å². The van der Waals surface area contributed by atoms with E-state index in [1.165, 1.54) is 0 Å². The number of carbonyl (C=O) groups is 1. The van der Waals surface area contributed by atoms with Crippen LogP contribution >= 0.6 is 0 Å². The highest BCUT2D eigenvalue weighted by Crippen LogP contribution is 2.13. The SMILES string of the molecule is CCCCN(C)c1ccc(C(=O)NCc2ccc(OC)cc2)nc1. The quantitative estimate of drug-likeness (QED) is 0.808. The number of anilines is 1. The van der Waals surface area contributed by atoms with Crippen LogP contribution < -0.4 is 15.0 Å². The lowest BCUT2D eigenvalue weighted by molar-refractivity contribution is 0.0946. The predicted molar refractivity (Wildman–Crippen MR) is 96.6 cm³/mol. The average molecular weight is 327 g/mol. The van der Waals surface area contributed by atoms with E-state index in [2.05, 4.69) is 22.1 Å². The van der Waals surface area contributed by atoms with Crippen molar-refractivity contribution < 1.29 is 9.53 Å². The Labute approximate surface area is 143 Å². The molecule has 0 spiro atoms. The van der Waals surface area contributed by atoms with Crippen molar-refractivity contribution >= 4 is 11.6 Å². The molecule has 0 aliphatic carbocycles. The number of carbonyl (C=O) groups excluding carboxylic acids is 1. The highest BCUT2D eigenvalue weighted by atomic mass is 16.5. The van der Waals surface area contributed by atoms with Crippen LogP contribution in [0.5, 0.6) is 5.75 Å². The average Bonchev–Trinajstić information content (AvgIpc) is 2.64. The third kappa shape index (κ3) is 4.98. The molecule has 0 fully saturated rings. The number of nitrogens with one attached hydrogen (secondary N) is 1. The lowest BCUT2D eigenvalue weighted by Crippen LogP contribution is -2.24. The van der Waals surface area contributed by atoms with Gasteiger partial charge in [0.05, 0.1) is 19.0 Å². The molecule has 5 heteroatoms. The molecule has 0 radical (unpaired) electrons. The maximum Gasteiger partial charge on any atom is 0.270 e. The normalized spacial score (nSPS) is 10.3. The van der Waals surface area contributed by atoms with E-state index in [0.717, 1.165) is 36.4 Å². The summed E-state index contributed by atoms with van der Waals surface area (Å²) in [4.78, 5) is 18.6. The first-order chi connectivity index (χ1) is 11.6. The fraction of sp³-hybridized carbons (Fsp3) is 0.368. The van der Waals surface area contributed by atoms with Gasteiger partial charge in [0, 0.05) is 20.1 Å². The van der Waals surface area contributed by atoms with Crippen LogP contribution in [0.1, 0.15) is 35.8 Å². The number of hydrogen-bond donors (Lipinski definition) is 1. The first-order valence-corrected chi connectivity index (χ1v) is 8.22. The monoisotopic (exact) mass is 327 g/mol. The number of benzene rings is 1. The summed E-state index contributed by atoms with van der Waals surface area (Å²) in [5.41, 5.74) is 2.46. The molecule has 1 N–H and O–H groups in total. The number of nitrogens with zero attached hydrogens (tertiary/aromatic N) is 2. The smallest absolute Gasteiger partial charge is 0.270 e. The third-order valence-corrected chi connectivity index (χ3v) is 3.88. The van der Waals surface area contributed by atoms with Crippen LogP contribution in [-0.2, 0) is 6.54 Å². The topological polar surface area (TPSA) is 54.5 Å². The van der Waals surface area contributed by atoms with E-state index in [-0.39, 0.29) is 5.91 Å². The molecular formula is C19H25N3O2. The number of hydrogen-bond acceptors (Lipinski definition) is 4. The number of amides is 1. The summed E-state index contributed by atoms with van der Waals surface area (Å²) < 4.78 is 5.12. The van der Waals surface area contributed by atoms with Gasteiger partial charge in [0.25, 0.3) is 5.91 Å². The minimum absolute atomic E-state index is 0.173. The summed E-state index contributed by atoms with van der Waals surface area (Å²) in [7, 11) is 3.67. The van der Waals surface area contributed by atoms with Crippen LogP contribution in [0.3, 0.4) is 0 Å². The number of aromatic nitrogens is 1. The van der Waals surface area contributed by atoms with Gasteiger partial charge in [-0.25, -0.2) is 4.98 Å². The minimum Gasteiger partial charge on any atom is -0.497 e. The van der Waals surface area contributed by atoms with Crippen molar-refractivity contribution in [3.05, 3.63) is 53.9 Å². The Morgan fingerprint density at radius 1 is 1.21 bits per heavy atom. The fourth-order valence-electron chi connectivity index (χ4n) is 2.29. The first-order valence-electron chi connectivity index (χ1n) is 8.22. The molecule has 0 bridgehead atoms. The summed E-state index contributed by atoms with van der Waals surface area (Å²) in [5, 5.41) is 2.88. The Morgan fingerprint density at radius 2 is 1.96 bits per heavy atom. The standard InChI is InChI=1S/C19H25N3O2/c1-4-5-12-22(2)16-8-11-18(20-14-16)19(23)21-13-15-6-9-17(24-3)10-7-15/h6-11,14H,4-5,12-13H2,1-3H3,(H,21,23). The molecule has 1 aromatic heterocycles. The molecule has 24 heavy (non-hydrogen) atoms. The van der Waals surface area contributed by atoms with Crippen molar-refractivity contribution in [1.82, 2.24) is 10.3 Å². The predicted octanol–water partition coefficient (Wildman–Crippen LogP) is 3.26. The van der Waals surface area contributed by atoms with Crippen molar-refractivity contribution in [1.29, 1.82) is 0 Å². The maximum absolute atomic E-state index is 12.2. The minimum atomic E-state index is -0.173. The molecule has 0 saturated carbocycles. The Kier molecular flexibility index (Phi) is 6.61. The van der Waals surface area contributed by atoms with Crippen LogP contribution in [0, 0.1) is 0 Å². The molecule has 1 heterocycles. The number of methoxy groups -OCH3 is 1. The van der Waals surface area contributed by atoms with Gasteiger partial charge in [-0.2, -0.15) is 0 Å². The van der Waals surface area contributed by atoms with Crippen molar-refractivity contribution in [3.8, 4) is 5.75 Å². The van der Waals surface area contributed by atoms with Gasteiger partial charge in [0.2, 0.25) is 0 Å². The van der Waals surface area contributed by atoms with Crippen LogP contribution in [0.2, 0.25) is 0 Å². The highest BCUT2D eigenvalue weighted by molar-refractivity contribution is 5.92. The van der Waals surface area contributed by atoms with Gasteiger partial charge in [0.15, 0.2) is 0 Å². The van der Waals surface area contributed by atoms with E-state index in [0.29, 0.717) is 12.2 Å². The van der Waals surface area contributed by atoms with Gasteiger partial charge in [-0.3, -0.25) is 4.79 Å². The third-order valence-electron chi connectivity index (χ3n) is 3.88. The second-order valence-electron chi connectivity index (χ2n) is 5.71. The molecule has 0 atom stereocenters. The van der Waals surface area contributed by atoms with E-state index < -0.39 is 0 Å². The van der Waals surface area contributed by atoms with Gasteiger partial charge < -0.3 is 15.0 Å². The molecule has 1 amide bonds. The molecular weight excluding hydrogens is 302 g/mol. The zero-order valence-electron chi connectivity index (χ0n) is 14.6. The lowest BCUT2D eigenvalue weighted by Gasteiger charge is -2.18. The highest BCUT2D eigenvalue weighted by Gasteiger charge is 2.08. The molecule has 128 valence electrons. The van der Waals surface area contributed by atoms with Crippen molar-refractivity contribution in [2.45, 2.75) is 26.3 Å². The molecule has 1 aromatic carbocycles. The largest absolute Gasteiger partial charge is 0.497 e. The molecule has 2 rings (SSSR count). The van der Waals surface area contributed by atoms with Crippen LogP contribution in [0.25, 0.3) is 0 Å². The molecule has 0 unspecified atom stereocenters. The summed E-state index contributed by atoms with van der Waals surface area (Å²) in [5.74, 6) is 0.628. The van der Waals surface area contributed by atoms with Gasteiger partial charge in [0.1, 0.15) is 11.4 Å². The van der Waals surface area contributed by atoms with Gasteiger partial charge in [-0.1, -0.05) is 25.5 Å². The van der Waals surface area contributed by atoms with E-state index in [9.17, 15) is 4.79 Å². The Hall–Kier alpha value is -2.56. The van der Waals surface area contributed by atoms with Gasteiger partial charge in [-0.15, -0.1) is 0 Å². The van der Waals surface area contributed by atoms with Crippen LogP contribution in [-0.4, -0.2) is 31.6 Å². The molecule has 0 aliphatic rings. The molecule has 0 saturated heterocycles. The number of pyridine rings is 1. The zero-order chi connectivity index (χ0) is 17.4. The molecule has 5 nitrogen and oxygen atoms in total. The summed E-state index contributed by atoms with van der Waals surface area (Å²) in [6.45, 7) is 3.62. The lowest BCUT2D eigenvalue weighted by atomic mass is 10.2. The van der Waals surface area contributed by atoms with E-state index in [1.54, 1.807) is 19.4 Å². The van der Waals surface area contributed by atoms with Crippen LogP contribution in [0.4, 0.5) is 5.69 Å². The van der Waals surface area contributed by atoms with E-state index >= 15 is 0 Å². The van der Waals surface area contributed by atoms with E-state index in [1.807, 2.05) is 37.4 Å². The number of rotatable bonds is 8. The molecule has 0 aliphatic heterocycles. The van der Waals surface area contributed by atoms with Gasteiger partial charge in [-0.05, 0) is 36.2 Å². The number of unbranched alkanes of at least 4 members (excludes halogenated alkanes) is 1. The Balaban J connectivity index is 1.89. The first kappa shape index (κ1) is 17.8. The fourth-order valence-corrected chi connectivity index (χ4v) is 2.29. The summed E-state index contributed by atoms with van der Waals surface area (Å²) >= 11 is 0. The van der Waals surface area contributed by atoms with Crippen LogP contribution in [0.15, 0.2) is 42.6 Å². The Bertz CT molecular complexity index is 639. The summed E-state index contributed by atoms with van der Waals surface area (Å²) in [6.07, 6.45) is 4.04. The number of ether oxygens (including phenoxy) is 1. The Morgan fingerprint density at radius 3 is 2.54 bits per heavy atom. The maximum atomic E-state index is 12.2. The van der Waals surface area contributed by atoms with Crippen molar-refractivity contribution in [3.63, 3.8) is 0 Å². The second-order valence-corrected chi connectivity index (χ2v) is 5.71. The van der Waals surface area contributed by atoms with E-state index in [4.69, 9.17) is 4.74 Å². The second kappa shape index (κ2) is 8.91.